The van der Waals surface area contributed by atoms with Crippen molar-refractivity contribution in [3.63, 3.8) is 0 Å². The molecule has 0 aliphatic heterocycles. The molecular weight excluding hydrogens is 294 g/mol. The Hall–Kier alpha value is -3.05. The maximum Gasteiger partial charge on any atom is 0.130 e. The van der Waals surface area contributed by atoms with Crippen LogP contribution in [0.2, 0.25) is 0 Å². The van der Waals surface area contributed by atoms with Crippen molar-refractivity contribution in [2.24, 2.45) is 0 Å². The van der Waals surface area contributed by atoms with Gasteiger partial charge < -0.3 is 5.32 Å². The molecule has 0 radical (unpaired) electrons. The maximum absolute atomic E-state index is 10.9. The summed E-state index contributed by atoms with van der Waals surface area (Å²) in [5, 5.41) is 7.93. The van der Waals surface area contributed by atoms with Gasteiger partial charge in [-0.2, -0.15) is 0 Å². The van der Waals surface area contributed by atoms with Gasteiger partial charge >= 0.3 is 0 Å². The number of carbonyl (C=O) groups excluding carboxylic acids is 1. The Bertz CT molecular complexity index is 989. The van der Waals surface area contributed by atoms with Gasteiger partial charge in [0.1, 0.15) is 5.78 Å². The normalized spacial score (nSPS) is 10.2. The van der Waals surface area contributed by atoms with Gasteiger partial charge in [-0.05, 0) is 47.5 Å². The molecule has 0 unspecified atom stereocenters. The van der Waals surface area contributed by atoms with Crippen LogP contribution in [0.15, 0.2) is 61.3 Å². The van der Waals surface area contributed by atoms with Crippen molar-refractivity contribution in [1.82, 2.24) is 0 Å². The molecular formula is C22H19NO. The molecule has 0 fully saturated rings. The fourth-order valence-corrected chi connectivity index (χ4v) is 2.82. The third-order valence-corrected chi connectivity index (χ3v) is 3.97. The number of rotatable bonds is 4. The highest BCUT2D eigenvalue weighted by Gasteiger charge is 2.04. The van der Waals surface area contributed by atoms with E-state index in [-0.39, 0.29) is 5.78 Å². The Morgan fingerprint density at radius 1 is 1.12 bits per heavy atom. The largest absolute Gasteiger partial charge is 0.362 e. The van der Waals surface area contributed by atoms with Crippen LogP contribution in [0.25, 0.3) is 21.5 Å². The Balaban J connectivity index is 2.01. The molecule has 0 aromatic heterocycles. The van der Waals surface area contributed by atoms with E-state index in [1.807, 2.05) is 18.2 Å². The van der Waals surface area contributed by atoms with Crippen LogP contribution in [0.3, 0.4) is 0 Å². The summed E-state index contributed by atoms with van der Waals surface area (Å²) in [5.41, 5.74) is 2.03. The molecule has 118 valence electrons. The van der Waals surface area contributed by atoms with Crippen LogP contribution in [0.1, 0.15) is 25.3 Å². The Kier molecular flexibility index (Phi) is 4.63. The summed E-state index contributed by atoms with van der Waals surface area (Å²) in [5.74, 6) is 6.39. The molecule has 2 heteroatoms. The van der Waals surface area contributed by atoms with E-state index in [4.69, 9.17) is 0 Å². The lowest BCUT2D eigenvalue weighted by Crippen LogP contribution is -1.88. The number of hydrogen-bond donors (Lipinski definition) is 1. The van der Waals surface area contributed by atoms with Crippen LogP contribution in [-0.2, 0) is 4.79 Å². The van der Waals surface area contributed by atoms with Crippen LogP contribution < -0.4 is 5.32 Å². The Morgan fingerprint density at radius 2 is 1.96 bits per heavy atom. The van der Waals surface area contributed by atoms with Gasteiger partial charge in [0.25, 0.3) is 0 Å². The molecule has 0 amide bonds. The van der Waals surface area contributed by atoms with Gasteiger partial charge in [0.05, 0.1) is 0 Å². The van der Waals surface area contributed by atoms with E-state index >= 15 is 0 Å². The van der Waals surface area contributed by atoms with Crippen molar-refractivity contribution in [1.29, 1.82) is 0 Å². The fourth-order valence-electron chi connectivity index (χ4n) is 2.82. The molecule has 0 saturated heterocycles. The van der Waals surface area contributed by atoms with Crippen molar-refractivity contribution in [3.8, 4) is 11.8 Å². The van der Waals surface area contributed by atoms with Crippen LogP contribution in [0.4, 0.5) is 5.69 Å². The predicted octanol–water partition coefficient (Wildman–Crippen LogP) is 5.27. The van der Waals surface area contributed by atoms with Crippen molar-refractivity contribution in [2.75, 3.05) is 5.32 Å². The van der Waals surface area contributed by atoms with Gasteiger partial charge in [0.2, 0.25) is 0 Å². The average Bonchev–Trinajstić information content (AvgIpc) is 2.58. The smallest absolute Gasteiger partial charge is 0.130 e. The minimum Gasteiger partial charge on any atom is -0.362 e. The molecule has 0 atom stereocenters. The summed E-state index contributed by atoms with van der Waals surface area (Å²) in [4.78, 5) is 10.9. The van der Waals surface area contributed by atoms with Crippen LogP contribution in [0.5, 0.6) is 0 Å². The number of hydrogen-bond acceptors (Lipinski definition) is 2. The van der Waals surface area contributed by atoms with Gasteiger partial charge in [0, 0.05) is 29.5 Å². The lowest BCUT2D eigenvalue weighted by atomic mass is 9.99. The van der Waals surface area contributed by atoms with Crippen molar-refractivity contribution < 1.29 is 4.79 Å². The van der Waals surface area contributed by atoms with Gasteiger partial charge in [-0.1, -0.05) is 48.8 Å². The minimum absolute atomic E-state index is 0.179. The molecule has 0 heterocycles. The molecule has 24 heavy (non-hydrogen) atoms. The SMILES string of the molecule is C=CNc1cccc2c1ccc1cc(C#CCCC(C)=O)ccc12. The molecule has 3 aromatic carbocycles. The number of nitrogens with one attached hydrogen (secondary N) is 1. The molecule has 0 bridgehead atoms. The van der Waals surface area contributed by atoms with Gasteiger partial charge in [-0.25, -0.2) is 0 Å². The van der Waals surface area contributed by atoms with E-state index in [0.29, 0.717) is 12.8 Å². The second-order valence-electron chi connectivity index (χ2n) is 5.75. The number of ketones is 1. The van der Waals surface area contributed by atoms with E-state index in [1.54, 1.807) is 13.1 Å². The van der Waals surface area contributed by atoms with E-state index in [9.17, 15) is 4.79 Å². The lowest BCUT2D eigenvalue weighted by Gasteiger charge is -2.09. The third-order valence-electron chi connectivity index (χ3n) is 3.97. The zero-order valence-electron chi connectivity index (χ0n) is 13.7. The van der Waals surface area contributed by atoms with Crippen molar-refractivity contribution >= 4 is 33.0 Å². The third kappa shape index (κ3) is 3.31. The number of carbonyl (C=O) groups is 1. The summed E-state index contributed by atoms with van der Waals surface area (Å²) in [6, 6.07) is 16.7. The topological polar surface area (TPSA) is 29.1 Å². The molecule has 0 spiro atoms. The van der Waals surface area contributed by atoms with Crippen molar-refractivity contribution in [2.45, 2.75) is 19.8 Å². The first kappa shape index (κ1) is 15.8. The zero-order chi connectivity index (χ0) is 16.9. The highest BCUT2D eigenvalue weighted by Crippen LogP contribution is 2.30. The molecule has 0 saturated carbocycles. The van der Waals surface area contributed by atoms with Crippen LogP contribution >= 0.6 is 0 Å². The molecule has 3 aromatic rings. The van der Waals surface area contributed by atoms with E-state index in [2.05, 4.69) is 54.1 Å². The van der Waals surface area contributed by atoms with E-state index in [1.165, 1.54) is 16.2 Å². The van der Waals surface area contributed by atoms with E-state index < -0.39 is 0 Å². The second-order valence-corrected chi connectivity index (χ2v) is 5.75. The highest BCUT2D eigenvalue weighted by atomic mass is 16.1. The molecule has 2 nitrogen and oxygen atoms in total. The minimum atomic E-state index is 0.179. The number of benzene rings is 3. The average molecular weight is 313 g/mol. The van der Waals surface area contributed by atoms with E-state index in [0.717, 1.165) is 16.6 Å². The maximum atomic E-state index is 10.9. The molecule has 1 N–H and O–H groups in total. The molecule has 0 aliphatic carbocycles. The highest BCUT2D eigenvalue weighted by molar-refractivity contribution is 6.11. The molecule has 3 rings (SSSR count). The monoisotopic (exact) mass is 313 g/mol. The standard InChI is InChI=1S/C22H19NO/c1-3-23-22-10-6-9-20-19-13-11-17(8-5-4-7-16(2)24)15-18(19)12-14-21(20)22/h3,6,9-15,23H,1,4,7H2,2H3. The van der Waals surface area contributed by atoms with Crippen LogP contribution in [-0.4, -0.2) is 5.78 Å². The fraction of sp³-hybridized carbons (Fsp3) is 0.136. The van der Waals surface area contributed by atoms with Gasteiger partial charge in [-0.3, -0.25) is 4.79 Å². The summed E-state index contributed by atoms with van der Waals surface area (Å²) in [7, 11) is 0. The Labute approximate surface area is 142 Å². The van der Waals surface area contributed by atoms with Gasteiger partial charge in [-0.15, -0.1) is 0 Å². The summed E-state index contributed by atoms with van der Waals surface area (Å²) in [6.45, 7) is 5.33. The summed E-state index contributed by atoms with van der Waals surface area (Å²) in [6.07, 6.45) is 2.82. The molecule has 0 aliphatic rings. The first-order chi connectivity index (χ1) is 11.7. The first-order valence-electron chi connectivity index (χ1n) is 8.00. The lowest BCUT2D eigenvalue weighted by molar-refractivity contribution is -0.116. The summed E-state index contributed by atoms with van der Waals surface area (Å²) < 4.78 is 0. The van der Waals surface area contributed by atoms with Crippen LogP contribution in [0, 0.1) is 11.8 Å². The summed E-state index contributed by atoms with van der Waals surface area (Å²) >= 11 is 0. The van der Waals surface area contributed by atoms with Crippen molar-refractivity contribution in [3.05, 3.63) is 66.9 Å². The number of Topliss-reactive ketones (excluding diaryl/α,β-unsaturated/α-hetero) is 1. The zero-order valence-corrected chi connectivity index (χ0v) is 13.7. The Morgan fingerprint density at radius 3 is 2.75 bits per heavy atom. The van der Waals surface area contributed by atoms with Gasteiger partial charge in [0.15, 0.2) is 0 Å². The number of fused-ring (bicyclic) bond motifs is 3. The number of anilines is 1. The predicted molar refractivity (Wildman–Crippen MR) is 102 cm³/mol. The quantitative estimate of drug-likeness (QED) is 0.525. The first-order valence-corrected chi connectivity index (χ1v) is 8.00. The second kappa shape index (κ2) is 7.02.